The number of nitrogens with one attached hydrogen (secondary N) is 3. The minimum atomic E-state index is -0.0665. The molecule has 0 aliphatic carbocycles. The Morgan fingerprint density at radius 3 is 2.95 bits per heavy atom. The Balaban J connectivity index is 1.93. The van der Waals surface area contributed by atoms with Crippen molar-refractivity contribution >= 4 is 23.2 Å². The number of hydrogen-bond donors (Lipinski definition) is 3. The van der Waals surface area contributed by atoms with Gasteiger partial charge in [-0.25, -0.2) is 4.98 Å². The number of nitrogens with zero attached hydrogens (tertiary/aromatic N) is 1. The van der Waals surface area contributed by atoms with Crippen LogP contribution in [0.2, 0.25) is 5.02 Å². The van der Waals surface area contributed by atoms with Crippen molar-refractivity contribution in [3.8, 4) is 0 Å². The largest absolute Gasteiger partial charge is 0.326 e. The van der Waals surface area contributed by atoms with Crippen molar-refractivity contribution in [3.05, 3.63) is 50.9 Å². The number of halogens is 1. The third kappa shape index (κ3) is 2.84. The van der Waals surface area contributed by atoms with E-state index in [-0.39, 0.29) is 5.56 Å². The van der Waals surface area contributed by atoms with E-state index in [1.165, 1.54) is 0 Å². The van der Waals surface area contributed by atoms with Gasteiger partial charge in [-0.1, -0.05) is 17.7 Å². The topological polar surface area (TPSA) is 69.8 Å². The normalized spacial score (nSPS) is 14.4. The lowest BCUT2D eigenvalue weighted by atomic mass is 10.1. The van der Waals surface area contributed by atoms with Crippen molar-refractivity contribution in [2.24, 2.45) is 0 Å². The first-order valence-electron chi connectivity index (χ1n) is 6.58. The molecule has 20 heavy (non-hydrogen) atoms. The molecule has 3 rings (SSSR count). The molecule has 2 aromatic rings. The Hall–Kier alpha value is -1.85. The van der Waals surface area contributed by atoms with E-state index in [9.17, 15) is 4.79 Å². The zero-order chi connectivity index (χ0) is 13.9. The summed E-state index contributed by atoms with van der Waals surface area (Å²) in [6.45, 7) is 1.67. The van der Waals surface area contributed by atoms with Crippen molar-refractivity contribution < 1.29 is 0 Å². The summed E-state index contributed by atoms with van der Waals surface area (Å²) in [5.41, 5.74) is 2.38. The van der Waals surface area contributed by atoms with Gasteiger partial charge in [-0.3, -0.25) is 9.78 Å². The van der Waals surface area contributed by atoms with E-state index >= 15 is 0 Å². The highest BCUT2D eigenvalue weighted by atomic mass is 35.5. The van der Waals surface area contributed by atoms with Crippen molar-refractivity contribution in [1.82, 2.24) is 15.3 Å². The first-order valence-corrected chi connectivity index (χ1v) is 6.95. The minimum Gasteiger partial charge on any atom is -0.326 e. The maximum Gasteiger partial charge on any atom is 0.255 e. The number of aromatic amines is 1. The van der Waals surface area contributed by atoms with Crippen LogP contribution in [0.4, 0.5) is 11.6 Å². The van der Waals surface area contributed by atoms with Crippen LogP contribution in [-0.4, -0.2) is 23.1 Å². The van der Waals surface area contributed by atoms with E-state index in [1.54, 1.807) is 12.1 Å². The lowest BCUT2D eigenvalue weighted by Crippen LogP contribution is -2.20. The van der Waals surface area contributed by atoms with Crippen LogP contribution >= 0.6 is 11.6 Å². The molecule has 0 fully saturated rings. The third-order valence-electron chi connectivity index (χ3n) is 3.28. The molecule has 0 saturated carbocycles. The van der Waals surface area contributed by atoms with Gasteiger partial charge in [0, 0.05) is 29.2 Å². The van der Waals surface area contributed by atoms with Crippen molar-refractivity contribution in [3.63, 3.8) is 0 Å². The van der Waals surface area contributed by atoms with Gasteiger partial charge in [-0.2, -0.15) is 0 Å². The predicted octanol–water partition coefficient (Wildman–Crippen LogP) is 1.86. The molecule has 5 nitrogen and oxygen atoms in total. The average molecular weight is 291 g/mol. The summed E-state index contributed by atoms with van der Waals surface area (Å²) < 4.78 is 0. The number of benzene rings is 1. The van der Waals surface area contributed by atoms with E-state index < -0.39 is 0 Å². The molecule has 1 aliphatic heterocycles. The number of hydrogen-bond acceptors (Lipinski definition) is 4. The average Bonchev–Trinajstić information content (AvgIpc) is 2.64. The molecule has 0 saturated heterocycles. The van der Waals surface area contributed by atoms with Crippen molar-refractivity contribution in [2.45, 2.75) is 12.8 Å². The number of rotatable bonds is 2. The maximum absolute atomic E-state index is 12.1. The highest BCUT2D eigenvalue weighted by molar-refractivity contribution is 6.30. The Bertz CT molecular complexity index is 683. The van der Waals surface area contributed by atoms with Crippen LogP contribution in [0.1, 0.15) is 11.3 Å². The fraction of sp³-hybridized carbons (Fsp3) is 0.286. The number of anilines is 2. The molecule has 1 aliphatic rings. The molecule has 0 unspecified atom stereocenters. The van der Waals surface area contributed by atoms with Gasteiger partial charge in [-0.05, 0) is 31.2 Å². The van der Waals surface area contributed by atoms with Crippen LogP contribution < -0.4 is 16.2 Å². The van der Waals surface area contributed by atoms with Crippen LogP contribution in [0, 0.1) is 0 Å². The van der Waals surface area contributed by atoms with Gasteiger partial charge in [0.25, 0.3) is 5.56 Å². The molecular formula is C14H15ClN4O. The molecule has 1 aromatic heterocycles. The standard InChI is InChI=1S/C14H15ClN4O/c15-9-2-1-3-10(8-9)17-14-18-12-5-7-16-6-4-11(12)13(20)19-14/h1-3,8,16H,4-7H2,(H2,17,18,19,20). The highest BCUT2D eigenvalue weighted by Crippen LogP contribution is 2.18. The van der Waals surface area contributed by atoms with Gasteiger partial charge in [0.15, 0.2) is 0 Å². The monoisotopic (exact) mass is 290 g/mol. The number of fused-ring (bicyclic) bond motifs is 1. The van der Waals surface area contributed by atoms with Gasteiger partial charge in [-0.15, -0.1) is 0 Å². The van der Waals surface area contributed by atoms with Crippen LogP contribution in [0.5, 0.6) is 0 Å². The fourth-order valence-electron chi connectivity index (χ4n) is 2.32. The second-order valence-electron chi connectivity index (χ2n) is 4.73. The molecule has 104 valence electrons. The molecule has 2 heterocycles. The highest BCUT2D eigenvalue weighted by Gasteiger charge is 2.14. The predicted molar refractivity (Wildman–Crippen MR) is 79.9 cm³/mol. The summed E-state index contributed by atoms with van der Waals surface area (Å²) in [6, 6.07) is 7.30. The molecule has 0 atom stereocenters. The van der Waals surface area contributed by atoms with Gasteiger partial charge >= 0.3 is 0 Å². The molecular weight excluding hydrogens is 276 g/mol. The molecule has 0 radical (unpaired) electrons. The maximum atomic E-state index is 12.1. The first kappa shape index (κ1) is 13.1. The van der Waals surface area contributed by atoms with Crippen molar-refractivity contribution in [2.75, 3.05) is 18.4 Å². The minimum absolute atomic E-state index is 0.0665. The molecule has 6 heteroatoms. The Labute approximate surface area is 121 Å². The summed E-state index contributed by atoms with van der Waals surface area (Å²) in [5.74, 6) is 0.456. The van der Waals surface area contributed by atoms with Crippen LogP contribution in [0.25, 0.3) is 0 Å². The lowest BCUT2D eigenvalue weighted by Gasteiger charge is -2.09. The van der Waals surface area contributed by atoms with Gasteiger partial charge < -0.3 is 10.6 Å². The summed E-state index contributed by atoms with van der Waals surface area (Å²) in [6.07, 6.45) is 1.48. The van der Waals surface area contributed by atoms with Crippen LogP contribution in [-0.2, 0) is 12.8 Å². The zero-order valence-corrected chi connectivity index (χ0v) is 11.6. The quantitative estimate of drug-likeness (QED) is 0.789. The summed E-state index contributed by atoms with van der Waals surface area (Å²) >= 11 is 5.94. The molecule has 0 bridgehead atoms. The Morgan fingerprint density at radius 1 is 1.25 bits per heavy atom. The first-order chi connectivity index (χ1) is 9.72. The van der Waals surface area contributed by atoms with Gasteiger partial charge in [0.1, 0.15) is 0 Å². The Kier molecular flexibility index (Phi) is 3.71. The van der Waals surface area contributed by atoms with E-state index in [2.05, 4.69) is 20.6 Å². The van der Waals surface area contributed by atoms with Crippen LogP contribution in [0.3, 0.4) is 0 Å². The molecule has 1 aromatic carbocycles. The van der Waals surface area contributed by atoms with Crippen molar-refractivity contribution in [1.29, 1.82) is 0 Å². The summed E-state index contributed by atoms with van der Waals surface area (Å²) in [5, 5.41) is 6.99. The zero-order valence-electron chi connectivity index (χ0n) is 10.9. The smallest absolute Gasteiger partial charge is 0.255 e. The second-order valence-corrected chi connectivity index (χ2v) is 5.16. The van der Waals surface area contributed by atoms with E-state index in [4.69, 9.17) is 11.6 Å². The number of H-pyrrole nitrogens is 1. The number of aromatic nitrogens is 2. The summed E-state index contributed by atoms with van der Waals surface area (Å²) in [7, 11) is 0. The van der Waals surface area contributed by atoms with Crippen LogP contribution in [0.15, 0.2) is 29.1 Å². The van der Waals surface area contributed by atoms with E-state index in [0.29, 0.717) is 11.0 Å². The second kappa shape index (κ2) is 5.64. The molecule has 0 amide bonds. The van der Waals surface area contributed by atoms with Gasteiger partial charge in [0.05, 0.1) is 5.69 Å². The molecule has 3 N–H and O–H groups in total. The lowest BCUT2D eigenvalue weighted by molar-refractivity contribution is 0.708. The van der Waals surface area contributed by atoms with E-state index in [1.807, 2.05) is 12.1 Å². The summed E-state index contributed by atoms with van der Waals surface area (Å²) in [4.78, 5) is 19.4. The molecule has 0 spiro atoms. The fourth-order valence-corrected chi connectivity index (χ4v) is 2.51. The van der Waals surface area contributed by atoms with E-state index in [0.717, 1.165) is 42.9 Å². The third-order valence-corrected chi connectivity index (χ3v) is 3.51. The van der Waals surface area contributed by atoms with Gasteiger partial charge in [0.2, 0.25) is 5.95 Å². The SMILES string of the molecule is O=c1[nH]c(Nc2cccc(Cl)c2)nc2c1CCNCC2. The Morgan fingerprint density at radius 2 is 2.10 bits per heavy atom.